The van der Waals surface area contributed by atoms with E-state index in [2.05, 4.69) is 27.1 Å². The van der Waals surface area contributed by atoms with Gasteiger partial charge < -0.3 is 4.90 Å². The minimum absolute atomic E-state index is 0.0393. The number of nitrogens with zero attached hydrogens (tertiary/aromatic N) is 3. The predicted octanol–water partition coefficient (Wildman–Crippen LogP) is 0.969. The van der Waals surface area contributed by atoms with E-state index in [4.69, 9.17) is 9.98 Å². The van der Waals surface area contributed by atoms with Crippen LogP contribution in [0.2, 0.25) is 0 Å². The Morgan fingerprint density at radius 1 is 1.29 bits per heavy atom. The highest BCUT2D eigenvalue weighted by atomic mass is 32.1. The third-order valence-corrected chi connectivity index (χ3v) is 6.04. The first kappa shape index (κ1) is 14.3. The van der Waals surface area contributed by atoms with Gasteiger partial charge in [0, 0.05) is 13.1 Å². The number of thiazole rings is 1. The summed E-state index contributed by atoms with van der Waals surface area (Å²) >= 11 is 1.73. The average molecular weight is 342 g/mol. The Bertz CT molecular complexity index is 800. The minimum Gasteiger partial charge on any atom is -0.333 e. The molecule has 8 heteroatoms. The molecular formula is C16H18N6OS. The van der Waals surface area contributed by atoms with Gasteiger partial charge in [0.25, 0.3) is 0 Å². The van der Waals surface area contributed by atoms with Gasteiger partial charge in [0.1, 0.15) is 11.2 Å². The second kappa shape index (κ2) is 5.51. The van der Waals surface area contributed by atoms with Crippen molar-refractivity contribution < 1.29 is 4.79 Å². The fourth-order valence-electron chi connectivity index (χ4n) is 3.67. The molecular weight excluding hydrogens is 324 g/mol. The Kier molecular flexibility index (Phi) is 3.29. The number of carbonyl (C=O) groups excluding carboxylic acids is 1. The normalized spacial score (nSPS) is 29.7. The molecule has 3 unspecified atom stereocenters. The zero-order chi connectivity index (χ0) is 16.1. The van der Waals surface area contributed by atoms with Crippen LogP contribution in [0.1, 0.15) is 23.9 Å². The Morgan fingerprint density at radius 2 is 2.21 bits per heavy atom. The lowest BCUT2D eigenvalue weighted by Crippen LogP contribution is -2.53. The second-order valence-corrected chi connectivity index (χ2v) is 7.45. The summed E-state index contributed by atoms with van der Waals surface area (Å²) in [5.41, 5.74) is 7.14. The number of carbonyl (C=O) groups is 1. The Balaban J connectivity index is 1.48. The number of fused-ring (bicyclic) bond motifs is 2. The highest BCUT2D eigenvalue weighted by molar-refractivity contribution is 7.18. The maximum absolute atomic E-state index is 12.3. The Labute approximate surface area is 143 Å². The summed E-state index contributed by atoms with van der Waals surface area (Å²) in [5, 5.41) is 4.10. The van der Waals surface area contributed by atoms with Crippen LogP contribution in [0, 0.1) is 5.92 Å². The van der Waals surface area contributed by atoms with Crippen LogP contribution in [0.25, 0.3) is 10.2 Å². The molecule has 3 aliphatic rings. The molecule has 3 N–H and O–H groups in total. The lowest BCUT2D eigenvalue weighted by molar-refractivity contribution is -0.124. The van der Waals surface area contributed by atoms with E-state index in [1.54, 1.807) is 11.3 Å². The molecule has 1 aromatic heterocycles. The molecule has 1 aromatic carbocycles. The topological polar surface area (TPSA) is 81.7 Å². The van der Waals surface area contributed by atoms with Crippen molar-refractivity contribution in [3.8, 4) is 0 Å². The predicted molar refractivity (Wildman–Crippen MR) is 92.3 cm³/mol. The molecule has 5 rings (SSSR count). The van der Waals surface area contributed by atoms with E-state index in [1.165, 1.54) is 4.70 Å². The summed E-state index contributed by atoms with van der Waals surface area (Å²) in [6.45, 7) is 1.51. The maximum Gasteiger partial charge on any atom is 0.234 e. The summed E-state index contributed by atoms with van der Waals surface area (Å²) in [6, 6.07) is 8.40. The molecule has 7 nitrogen and oxygen atoms in total. The van der Waals surface area contributed by atoms with Crippen molar-refractivity contribution in [1.29, 1.82) is 0 Å². The molecule has 0 aliphatic carbocycles. The van der Waals surface area contributed by atoms with E-state index in [1.807, 2.05) is 18.2 Å². The van der Waals surface area contributed by atoms with Crippen LogP contribution in [-0.2, 0) is 4.79 Å². The number of rotatable bonds is 1. The number of hydrogen-bond acceptors (Lipinski definition) is 7. The zero-order valence-electron chi connectivity index (χ0n) is 13.0. The SMILES string of the molecule is O=C1NC(N2CCCC2c2nc3ccccc3s2)=NC2NNCC12. The van der Waals surface area contributed by atoms with Gasteiger partial charge in [-0.15, -0.1) is 11.3 Å². The van der Waals surface area contributed by atoms with Crippen molar-refractivity contribution in [3.05, 3.63) is 29.3 Å². The van der Waals surface area contributed by atoms with Crippen molar-refractivity contribution in [1.82, 2.24) is 26.1 Å². The largest absolute Gasteiger partial charge is 0.333 e. The highest BCUT2D eigenvalue weighted by Crippen LogP contribution is 2.36. The van der Waals surface area contributed by atoms with Crippen LogP contribution in [0.3, 0.4) is 0 Å². The van der Waals surface area contributed by atoms with Crippen molar-refractivity contribution in [2.75, 3.05) is 13.1 Å². The van der Waals surface area contributed by atoms with E-state index in [0.717, 1.165) is 29.9 Å². The number of benzene rings is 1. The van der Waals surface area contributed by atoms with Gasteiger partial charge in [0.05, 0.1) is 22.2 Å². The fourth-order valence-corrected chi connectivity index (χ4v) is 4.78. The van der Waals surface area contributed by atoms with Gasteiger partial charge in [0.15, 0.2) is 0 Å². The second-order valence-electron chi connectivity index (χ2n) is 6.39. The van der Waals surface area contributed by atoms with E-state index in [0.29, 0.717) is 12.5 Å². The first-order valence-electron chi connectivity index (χ1n) is 8.29. The monoisotopic (exact) mass is 342 g/mol. The summed E-state index contributed by atoms with van der Waals surface area (Å²) in [4.78, 5) is 24.0. The molecule has 0 saturated carbocycles. The van der Waals surface area contributed by atoms with Crippen LogP contribution < -0.4 is 16.2 Å². The third-order valence-electron chi connectivity index (χ3n) is 4.91. The van der Waals surface area contributed by atoms with Gasteiger partial charge in [-0.2, -0.15) is 0 Å². The van der Waals surface area contributed by atoms with Crippen molar-refractivity contribution in [2.24, 2.45) is 10.9 Å². The minimum atomic E-state index is -0.176. The average Bonchev–Trinajstić information content (AvgIpc) is 3.32. The van der Waals surface area contributed by atoms with Gasteiger partial charge in [0.2, 0.25) is 11.9 Å². The van der Waals surface area contributed by atoms with Gasteiger partial charge in [-0.1, -0.05) is 12.1 Å². The number of likely N-dealkylation sites (tertiary alicyclic amines) is 1. The quantitative estimate of drug-likeness (QED) is 0.719. The summed E-state index contributed by atoms with van der Waals surface area (Å²) in [6.07, 6.45) is 1.94. The number of amides is 1. The Morgan fingerprint density at radius 3 is 3.12 bits per heavy atom. The van der Waals surface area contributed by atoms with Crippen LogP contribution >= 0.6 is 11.3 Å². The lowest BCUT2D eigenvalue weighted by Gasteiger charge is -2.31. The van der Waals surface area contributed by atoms with Crippen LogP contribution in [-0.4, -0.2) is 41.0 Å². The molecule has 2 fully saturated rings. The van der Waals surface area contributed by atoms with E-state index < -0.39 is 0 Å². The molecule has 4 heterocycles. The summed E-state index contributed by atoms with van der Waals surface area (Å²) in [7, 11) is 0. The first-order chi connectivity index (χ1) is 11.8. The van der Waals surface area contributed by atoms with Gasteiger partial charge >= 0.3 is 0 Å². The first-order valence-corrected chi connectivity index (χ1v) is 9.10. The third kappa shape index (κ3) is 2.21. The standard InChI is InChI=1S/C16H18N6OS/c23-14-9-8-17-21-13(9)19-16(20-14)22-7-3-5-11(22)15-18-10-4-1-2-6-12(10)24-15/h1-2,4,6,9,11,13,17,21H,3,5,7-8H2,(H,19,20,23). The molecule has 2 saturated heterocycles. The Hall–Kier alpha value is -2.03. The lowest BCUT2D eigenvalue weighted by atomic mass is 10.1. The molecule has 0 radical (unpaired) electrons. The molecule has 24 heavy (non-hydrogen) atoms. The number of aliphatic imine (C=N–C) groups is 1. The number of aromatic nitrogens is 1. The smallest absolute Gasteiger partial charge is 0.234 e. The van der Waals surface area contributed by atoms with Crippen LogP contribution in [0.15, 0.2) is 29.3 Å². The number of hydrazine groups is 1. The van der Waals surface area contributed by atoms with E-state index >= 15 is 0 Å². The summed E-state index contributed by atoms with van der Waals surface area (Å²) < 4.78 is 1.20. The van der Waals surface area contributed by atoms with Gasteiger partial charge in [-0.05, 0) is 25.0 Å². The van der Waals surface area contributed by atoms with Crippen molar-refractivity contribution in [3.63, 3.8) is 0 Å². The number of nitrogens with one attached hydrogen (secondary N) is 3. The maximum atomic E-state index is 12.3. The summed E-state index contributed by atoms with van der Waals surface area (Å²) in [5.74, 6) is 0.592. The molecule has 2 aromatic rings. The van der Waals surface area contributed by atoms with Gasteiger partial charge in [-0.25, -0.2) is 15.4 Å². The molecule has 3 atom stereocenters. The zero-order valence-corrected chi connectivity index (χ0v) is 13.8. The highest BCUT2D eigenvalue weighted by Gasteiger charge is 2.40. The molecule has 1 amide bonds. The van der Waals surface area contributed by atoms with E-state index in [-0.39, 0.29) is 24.0 Å². The van der Waals surface area contributed by atoms with Crippen molar-refractivity contribution >= 4 is 33.4 Å². The number of hydrogen-bond donors (Lipinski definition) is 3. The fraction of sp³-hybridized carbons (Fsp3) is 0.438. The molecule has 0 spiro atoms. The van der Waals surface area contributed by atoms with Crippen molar-refractivity contribution in [2.45, 2.75) is 25.0 Å². The van der Waals surface area contributed by atoms with Crippen LogP contribution in [0.5, 0.6) is 0 Å². The molecule has 3 aliphatic heterocycles. The van der Waals surface area contributed by atoms with E-state index in [9.17, 15) is 4.79 Å². The number of para-hydroxylation sites is 1. The molecule has 0 bridgehead atoms. The van der Waals surface area contributed by atoms with Gasteiger partial charge in [-0.3, -0.25) is 15.5 Å². The molecule has 124 valence electrons. The van der Waals surface area contributed by atoms with Crippen LogP contribution in [0.4, 0.5) is 0 Å². The number of guanidine groups is 1.